The average Bonchev–Trinajstić information content (AvgIpc) is 3.06. The number of rotatable bonds is 4. The minimum atomic E-state index is 0. The van der Waals surface area contributed by atoms with Gasteiger partial charge in [-0.05, 0) is 24.3 Å². The first-order valence-electron chi connectivity index (χ1n) is 7.95. The van der Waals surface area contributed by atoms with Crippen molar-refractivity contribution in [3.05, 3.63) is 41.3 Å². The molecule has 2 aromatic rings. The maximum atomic E-state index is 6.03. The van der Waals surface area contributed by atoms with Crippen molar-refractivity contribution in [2.75, 3.05) is 44.7 Å². The SMILES string of the molecule is Clc1ccc2c(n1)-n1cccc1C(NCCN1CCOCC1)N2.[Cl-].[Cl-]. The van der Waals surface area contributed by atoms with Crippen molar-refractivity contribution in [1.29, 1.82) is 0 Å². The van der Waals surface area contributed by atoms with Gasteiger partial charge in [0.05, 0.1) is 24.6 Å². The molecule has 4 heterocycles. The third-order valence-corrected chi connectivity index (χ3v) is 4.54. The van der Waals surface area contributed by atoms with Gasteiger partial charge in [0.2, 0.25) is 0 Å². The van der Waals surface area contributed by atoms with Gasteiger partial charge in [0.25, 0.3) is 0 Å². The number of nitrogens with zero attached hydrogens (tertiary/aromatic N) is 3. The number of halogens is 3. The van der Waals surface area contributed by atoms with E-state index in [0.29, 0.717) is 5.15 Å². The molecule has 0 amide bonds. The molecule has 0 bridgehead atoms. The third kappa shape index (κ3) is 4.39. The molecule has 0 aliphatic carbocycles. The van der Waals surface area contributed by atoms with E-state index in [9.17, 15) is 0 Å². The average molecular weight is 405 g/mol. The quantitative estimate of drug-likeness (QED) is 0.507. The van der Waals surface area contributed by atoms with Gasteiger partial charge in [-0.1, -0.05) is 11.6 Å². The fraction of sp³-hybridized carbons (Fsp3) is 0.438. The standard InChI is InChI=1S/C16H20ClN5O.2ClH/c17-14-4-3-12-16(20-14)22-6-1-2-13(22)15(19-12)18-5-7-21-8-10-23-11-9-21;;/h1-4,6,15,18-19H,5,7-11H2;2*1H/p-2. The highest BCUT2D eigenvalue weighted by Crippen LogP contribution is 2.31. The second-order valence-corrected chi connectivity index (χ2v) is 6.18. The summed E-state index contributed by atoms with van der Waals surface area (Å²) in [5, 5.41) is 7.60. The molecule has 2 aliphatic heterocycles. The first-order valence-corrected chi connectivity index (χ1v) is 8.33. The molecule has 0 saturated carbocycles. The Morgan fingerprint density at radius 3 is 2.84 bits per heavy atom. The Morgan fingerprint density at radius 1 is 1.24 bits per heavy atom. The fourth-order valence-corrected chi connectivity index (χ4v) is 3.26. The summed E-state index contributed by atoms with van der Waals surface area (Å²) < 4.78 is 7.47. The highest BCUT2D eigenvalue weighted by Gasteiger charge is 2.24. The zero-order valence-corrected chi connectivity index (χ0v) is 15.9. The molecule has 2 aliphatic rings. The van der Waals surface area contributed by atoms with Crippen LogP contribution in [0.4, 0.5) is 5.69 Å². The highest BCUT2D eigenvalue weighted by molar-refractivity contribution is 6.29. The maximum Gasteiger partial charge on any atom is 0.162 e. The zero-order chi connectivity index (χ0) is 15.6. The van der Waals surface area contributed by atoms with Gasteiger partial charge in [-0.25, -0.2) is 4.98 Å². The van der Waals surface area contributed by atoms with Crippen LogP contribution in [-0.2, 0) is 4.74 Å². The minimum absolute atomic E-state index is 0. The van der Waals surface area contributed by atoms with Crippen LogP contribution in [-0.4, -0.2) is 53.8 Å². The van der Waals surface area contributed by atoms with Gasteiger partial charge >= 0.3 is 0 Å². The fourth-order valence-electron chi connectivity index (χ4n) is 3.12. The lowest BCUT2D eigenvalue weighted by atomic mass is 10.2. The number of pyridine rings is 1. The lowest BCUT2D eigenvalue weighted by molar-refractivity contribution is -0.00100. The van der Waals surface area contributed by atoms with Gasteiger partial charge in [-0.15, -0.1) is 0 Å². The Hall–Kier alpha value is -1.02. The summed E-state index contributed by atoms with van der Waals surface area (Å²) in [6.07, 6.45) is 2.09. The maximum absolute atomic E-state index is 6.03. The zero-order valence-electron chi connectivity index (χ0n) is 13.6. The van der Waals surface area contributed by atoms with Crippen molar-refractivity contribution in [2.45, 2.75) is 6.17 Å². The molecular weight excluding hydrogens is 385 g/mol. The normalized spacial score (nSPS) is 19.0. The van der Waals surface area contributed by atoms with Gasteiger partial charge < -0.3 is 39.4 Å². The summed E-state index contributed by atoms with van der Waals surface area (Å²) in [5.74, 6) is 0.851. The number of aromatic nitrogens is 2. The van der Waals surface area contributed by atoms with Crippen molar-refractivity contribution < 1.29 is 29.6 Å². The molecule has 1 unspecified atom stereocenters. The van der Waals surface area contributed by atoms with Crippen molar-refractivity contribution in [1.82, 2.24) is 19.8 Å². The van der Waals surface area contributed by atoms with E-state index in [-0.39, 0.29) is 31.0 Å². The summed E-state index contributed by atoms with van der Waals surface area (Å²) in [6.45, 7) is 5.64. The van der Waals surface area contributed by atoms with Crippen molar-refractivity contribution >= 4 is 17.3 Å². The van der Waals surface area contributed by atoms with E-state index in [4.69, 9.17) is 16.3 Å². The summed E-state index contributed by atoms with van der Waals surface area (Å²) in [6, 6.07) is 7.92. The number of fused-ring (bicyclic) bond motifs is 3. The van der Waals surface area contributed by atoms with Crippen molar-refractivity contribution in [3.8, 4) is 5.82 Å². The first kappa shape index (κ1) is 20.3. The highest BCUT2D eigenvalue weighted by atomic mass is 35.5. The van der Waals surface area contributed by atoms with Crippen LogP contribution in [0.5, 0.6) is 0 Å². The molecular formula is C16H20Cl3N5O-2. The second kappa shape index (κ2) is 9.07. The van der Waals surface area contributed by atoms with E-state index in [1.54, 1.807) is 0 Å². The number of morpholine rings is 1. The monoisotopic (exact) mass is 403 g/mol. The van der Waals surface area contributed by atoms with E-state index in [0.717, 1.165) is 56.6 Å². The smallest absolute Gasteiger partial charge is 0.162 e. The number of hydrogen-bond acceptors (Lipinski definition) is 5. The Labute approximate surface area is 164 Å². The molecule has 1 fully saturated rings. The molecule has 2 aromatic heterocycles. The molecule has 4 rings (SSSR count). The number of ether oxygens (including phenoxy) is 1. The number of nitrogens with one attached hydrogen (secondary N) is 2. The van der Waals surface area contributed by atoms with E-state index < -0.39 is 0 Å². The lowest BCUT2D eigenvalue weighted by Crippen LogP contribution is -3.00. The van der Waals surface area contributed by atoms with E-state index >= 15 is 0 Å². The van der Waals surface area contributed by atoms with Gasteiger partial charge in [-0.2, -0.15) is 0 Å². The molecule has 6 nitrogen and oxygen atoms in total. The Kier molecular flexibility index (Phi) is 7.37. The van der Waals surface area contributed by atoms with Crippen molar-refractivity contribution in [2.24, 2.45) is 0 Å². The molecule has 2 N–H and O–H groups in total. The molecule has 0 spiro atoms. The van der Waals surface area contributed by atoms with Crippen LogP contribution in [0.2, 0.25) is 5.15 Å². The number of anilines is 1. The van der Waals surface area contributed by atoms with Crippen LogP contribution in [0, 0.1) is 0 Å². The van der Waals surface area contributed by atoms with Gasteiger partial charge in [0, 0.05) is 32.4 Å². The number of hydrogen-bond donors (Lipinski definition) is 2. The van der Waals surface area contributed by atoms with Crippen LogP contribution in [0.3, 0.4) is 0 Å². The predicted octanol–water partition coefficient (Wildman–Crippen LogP) is -4.12. The van der Waals surface area contributed by atoms with Crippen molar-refractivity contribution in [3.63, 3.8) is 0 Å². The first-order chi connectivity index (χ1) is 11.3. The molecule has 138 valence electrons. The lowest BCUT2D eigenvalue weighted by Gasteiger charge is -2.31. The topological polar surface area (TPSA) is 54.4 Å². The van der Waals surface area contributed by atoms with Gasteiger partial charge in [-0.3, -0.25) is 10.2 Å². The molecule has 1 atom stereocenters. The van der Waals surface area contributed by atoms with E-state index in [1.165, 1.54) is 0 Å². The molecule has 0 aromatic carbocycles. The summed E-state index contributed by atoms with van der Waals surface area (Å²) in [4.78, 5) is 6.86. The van der Waals surface area contributed by atoms with Crippen LogP contribution < -0.4 is 35.4 Å². The summed E-state index contributed by atoms with van der Waals surface area (Å²) in [7, 11) is 0. The predicted molar refractivity (Wildman–Crippen MR) is 90.2 cm³/mol. The van der Waals surface area contributed by atoms with Gasteiger partial charge in [0.1, 0.15) is 11.3 Å². The summed E-state index contributed by atoms with van der Waals surface area (Å²) >= 11 is 6.03. The molecule has 9 heteroatoms. The van der Waals surface area contributed by atoms with Crippen LogP contribution in [0.25, 0.3) is 5.82 Å². The largest absolute Gasteiger partial charge is 1.00 e. The summed E-state index contributed by atoms with van der Waals surface area (Å²) in [5.41, 5.74) is 2.14. The Morgan fingerprint density at radius 2 is 2.04 bits per heavy atom. The van der Waals surface area contributed by atoms with Crippen LogP contribution in [0.1, 0.15) is 11.9 Å². The third-order valence-electron chi connectivity index (χ3n) is 4.33. The Bertz CT molecular complexity index is 690. The van der Waals surface area contributed by atoms with Gasteiger partial charge in [0.15, 0.2) is 5.82 Å². The second-order valence-electron chi connectivity index (χ2n) is 5.79. The van der Waals surface area contributed by atoms with Crippen LogP contribution >= 0.6 is 11.6 Å². The van der Waals surface area contributed by atoms with Crippen LogP contribution in [0.15, 0.2) is 30.5 Å². The van der Waals surface area contributed by atoms with E-state index in [1.807, 2.05) is 24.4 Å². The molecule has 0 radical (unpaired) electrons. The Balaban J connectivity index is 0.00000113. The minimum Gasteiger partial charge on any atom is -1.00 e. The molecule has 25 heavy (non-hydrogen) atoms. The van der Waals surface area contributed by atoms with E-state index in [2.05, 4.69) is 31.2 Å². The molecule has 1 saturated heterocycles.